The predicted octanol–water partition coefficient (Wildman–Crippen LogP) is 4.87. The molecule has 3 aromatic rings. The van der Waals surface area contributed by atoms with Gasteiger partial charge in [0, 0.05) is 29.9 Å². The average molecular weight is 473 g/mol. The van der Waals surface area contributed by atoms with Gasteiger partial charge in [0.25, 0.3) is 0 Å². The third kappa shape index (κ3) is 4.73. The molecule has 0 spiro atoms. The van der Waals surface area contributed by atoms with Gasteiger partial charge in [-0.2, -0.15) is 18.3 Å². The number of carbonyl (C=O) groups excluding carboxylic acids is 1. The molecule has 2 aromatic carbocycles. The molecule has 1 aliphatic rings. The lowest BCUT2D eigenvalue weighted by Crippen LogP contribution is -2.32. The lowest BCUT2D eigenvalue weighted by Gasteiger charge is -2.25. The molecule has 0 aliphatic carbocycles. The first-order valence-electron chi connectivity index (χ1n) is 11.1. The zero-order valence-corrected chi connectivity index (χ0v) is 19.3. The van der Waals surface area contributed by atoms with Crippen LogP contribution in [0.3, 0.4) is 0 Å². The quantitative estimate of drug-likeness (QED) is 0.513. The first-order chi connectivity index (χ1) is 16.2. The van der Waals surface area contributed by atoms with Crippen LogP contribution in [0.5, 0.6) is 11.5 Å². The van der Waals surface area contributed by atoms with Crippen LogP contribution in [0.2, 0.25) is 0 Å². The van der Waals surface area contributed by atoms with Crippen molar-refractivity contribution in [2.24, 2.45) is 0 Å². The normalized spacial score (nSPS) is 13.1. The predicted molar refractivity (Wildman–Crippen MR) is 120 cm³/mol. The Morgan fingerprint density at radius 1 is 1.12 bits per heavy atom. The summed E-state index contributed by atoms with van der Waals surface area (Å²) in [5.74, 6) is 1.22. The van der Waals surface area contributed by atoms with Gasteiger partial charge in [0.1, 0.15) is 13.2 Å². The van der Waals surface area contributed by atoms with Crippen molar-refractivity contribution in [3.05, 3.63) is 70.5 Å². The van der Waals surface area contributed by atoms with Crippen LogP contribution in [0.1, 0.15) is 35.0 Å². The van der Waals surface area contributed by atoms with Gasteiger partial charge in [-0.1, -0.05) is 18.2 Å². The number of ether oxygens (including phenoxy) is 2. The summed E-state index contributed by atoms with van der Waals surface area (Å²) < 4.78 is 52.3. The zero-order valence-electron chi connectivity index (χ0n) is 19.3. The Hall–Kier alpha value is -3.49. The van der Waals surface area contributed by atoms with Crippen LogP contribution in [-0.2, 0) is 23.9 Å². The van der Waals surface area contributed by atoms with Crippen molar-refractivity contribution in [3.63, 3.8) is 0 Å². The molecule has 180 valence electrons. The summed E-state index contributed by atoms with van der Waals surface area (Å²) >= 11 is 0. The monoisotopic (exact) mass is 473 g/mol. The van der Waals surface area contributed by atoms with Gasteiger partial charge >= 0.3 is 6.18 Å². The van der Waals surface area contributed by atoms with Crippen molar-refractivity contribution in [1.29, 1.82) is 0 Å². The maximum Gasteiger partial charge on any atom is 0.416 e. The second-order valence-corrected chi connectivity index (χ2v) is 8.14. The van der Waals surface area contributed by atoms with Crippen molar-refractivity contribution in [2.45, 2.75) is 39.9 Å². The molecule has 34 heavy (non-hydrogen) atoms. The highest BCUT2D eigenvalue weighted by atomic mass is 19.4. The lowest BCUT2D eigenvalue weighted by atomic mass is 10.1. The van der Waals surface area contributed by atoms with Crippen LogP contribution >= 0.6 is 0 Å². The van der Waals surface area contributed by atoms with Gasteiger partial charge in [0.2, 0.25) is 5.91 Å². The largest absolute Gasteiger partial charge is 0.486 e. The van der Waals surface area contributed by atoms with Crippen molar-refractivity contribution >= 4 is 5.91 Å². The van der Waals surface area contributed by atoms with Gasteiger partial charge < -0.3 is 14.4 Å². The van der Waals surface area contributed by atoms with Crippen LogP contribution in [-0.4, -0.2) is 40.3 Å². The maximum absolute atomic E-state index is 13.2. The average Bonchev–Trinajstić information content (AvgIpc) is 3.10. The molecule has 4 rings (SSSR count). The zero-order chi connectivity index (χ0) is 24.5. The van der Waals surface area contributed by atoms with E-state index in [0.29, 0.717) is 60.4 Å². The number of fused-ring (bicyclic) bond motifs is 1. The Bertz CT molecular complexity index is 1200. The summed E-state index contributed by atoms with van der Waals surface area (Å²) in [4.78, 5) is 14.9. The summed E-state index contributed by atoms with van der Waals surface area (Å²) in [7, 11) is 0. The van der Waals surface area contributed by atoms with Crippen LogP contribution in [0.25, 0.3) is 5.69 Å². The van der Waals surface area contributed by atoms with E-state index >= 15 is 0 Å². The number of halogens is 3. The lowest BCUT2D eigenvalue weighted by molar-refractivity contribution is -0.137. The molecule has 0 saturated heterocycles. The highest BCUT2D eigenvalue weighted by Gasteiger charge is 2.31. The van der Waals surface area contributed by atoms with Crippen LogP contribution in [0.15, 0.2) is 42.5 Å². The highest BCUT2D eigenvalue weighted by molar-refractivity contribution is 5.79. The summed E-state index contributed by atoms with van der Waals surface area (Å²) in [5.41, 5.74) is 2.36. The minimum atomic E-state index is -4.45. The molecule has 0 saturated carbocycles. The van der Waals surface area contributed by atoms with Gasteiger partial charge in [0.05, 0.1) is 23.4 Å². The van der Waals surface area contributed by atoms with Crippen LogP contribution in [0, 0.1) is 13.8 Å². The van der Waals surface area contributed by atoms with E-state index in [0.717, 1.165) is 17.7 Å². The Kier molecular flexibility index (Phi) is 6.54. The number of rotatable bonds is 6. The van der Waals surface area contributed by atoms with Gasteiger partial charge in [-0.05, 0) is 45.0 Å². The van der Waals surface area contributed by atoms with Crippen molar-refractivity contribution in [2.75, 3.05) is 19.8 Å². The molecule has 0 N–H and O–H groups in total. The van der Waals surface area contributed by atoms with E-state index in [2.05, 4.69) is 5.10 Å². The smallest absolute Gasteiger partial charge is 0.416 e. The molecule has 2 heterocycles. The number of aryl methyl sites for hydroxylation is 1. The molecular weight excluding hydrogens is 447 g/mol. The molecule has 6 nitrogen and oxygen atoms in total. The molecule has 0 radical (unpaired) electrons. The highest BCUT2D eigenvalue weighted by Crippen LogP contribution is 2.34. The number of carbonyl (C=O) groups is 1. The molecule has 9 heteroatoms. The molecule has 0 bridgehead atoms. The Morgan fingerprint density at radius 2 is 1.85 bits per heavy atom. The molecule has 0 unspecified atom stereocenters. The molecule has 1 amide bonds. The van der Waals surface area contributed by atoms with Gasteiger partial charge in [-0.15, -0.1) is 0 Å². The number of aromatic nitrogens is 2. The molecule has 1 aromatic heterocycles. The number of benzene rings is 2. The van der Waals surface area contributed by atoms with Crippen molar-refractivity contribution < 1.29 is 27.4 Å². The van der Waals surface area contributed by atoms with Crippen molar-refractivity contribution in [1.82, 2.24) is 14.7 Å². The second kappa shape index (κ2) is 9.40. The fraction of sp³-hybridized carbons (Fsp3) is 0.360. The molecule has 0 atom stereocenters. The van der Waals surface area contributed by atoms with E-state index in [1.807, 2.05) is 25.1 Å². The van der Waals surface area contributed by atoms with E-state index in [4.69, 9.17) is 9.47 Å². The molecule has 1 aliphatic heterocycles. The number of nitrogens with zero attached hydrogens (tertiary/aromatic N) is 3. The third-order valence-corrected chi connectivity index (χ3v) is 5.93. The van der Waals surface area contributed by atoms with E-state index in [9.17, 15) is 18.0 Å². The van der Waals surface area contributed by atoms with E-state index in [1.54, 1.807) is 24.8 Å². The second-order valence-electron chi connectivity index (χ2n) is 8.14. The van der Waals surface area contributed by atoms with Crippen molar-refractivity contribution in [3.8, 4) is 17.2 Å². The first kappa shape index (κ1) is 23.7. The van der Waals surface area contributed by atoms with E-state index in [-0.39, 0.29) is 12.3 Å². The number of alkyl halides is 3. The Balaban J connectivity index is 1.56. The van der Waals surface area contributed by atoms with Crippen LogP contribution in [0.4, 0.5) is 13.2 Å². The third-order valence-electron chi connectivity index (χ3n) is 5.93. The first-order valence-corrected chi connectivity index (χ1v) is 11.1. The van der Waals surface area contributed by atoms with Gasteiger partial charge in [0.15, 0.2) is 11.5 Å². The number of amides is 1. The summed E-state index contributed by atoms with van der Waals surface area (Å²) in [6, 6.07) is 10.6. The van der Waals surface area contributed by atoms with Crippen LogP contribution < -0.4 is 9.47 Å². The maximum atomic E-state index is 13.2. The minimum absolute atomic E-state index is 0.0941. The standard InChI is InChI=1S/C25H26F3N3O3/c1-4-30(15-18-7-5-10-22-24(18)34-12-11-33-22)23(32)14-21-16(2)29-31(17(21)3)20-9-6-8-19(13-20)25(26,27)28/h5-10,13H,4,11-12,14-15H2,1-3H3. The van der Waals surface area contributed by atoms with E-state index < -0.39 is 11.7 Å². The molecular formula is C25H26F3N3O3. The van der Waals surface area contributed by atoms with Gasteiger partial charge in [-0.3, -0.25) is 4.79 Å². The molecule has 0 fully saturated rings. The summed E-state index contributed by atoms with van der Waals surface area (Å²) in [5, 5.41) is 4.43. The number of hydrogen-bond acceptors (Lipinski definition) is 4. The fourth-order valence-corrected chi connectivity index (χ4v) is 4.10. The summed E-state index contributed by atoms with van der Waals surface area (Å²) in [6.07, 6.45) is -4.35. The number of para-hydroxylation sites is 1. The number of likely N-dealkylation sites (N-methyl/N-ethyl adjacent to an activating group) is 1. The minimum Gasteiger partial charge on any atom is -0.486 e. The van der Waals surface area contributed by atoms with E-state index in [1.165, 1.54) is 10.7 Å². The Morgan fingerprint density at radius 3 is 2.59 bits per heavy atom. The fourth-order valence-electron chi connectivity index (χ4n) is 4.10. The van der Waals surface area contributed by atoms with Gasteiger partial charge in [-0.25, -0.2) is 4.68 Å². The Labute approximate surface area is 195 Å². The SMILES string of the molecule is CCN(Cc1cccc2c1OCCO2)C(=O)Cc1c(C)nn(-c2cccc(C(F)(F)F)c2)c1C. The number of hydrogen-bond donors (Lipinski definition) is 0. The summed E-state index contributed by atoms with van der Waals surface area (Å²) in [6.45, 7) is 7.21. The topological polar surface area (TPSA) is 56.6 Å².